The Balaban J connectivity index is 1.13. The van der Waals surface area contributed by atoms with Gasteiger partial charge in [-0.25, -0.2) is 23.2 Å². The Hall–Kier alpha value is -4.67. The van der Waals surface area contributed by atoms with Gasteiger partial charge in [0.1, 0.15) is 12.4 Å². The van der Waals surface area contributed by atoms with Crippen LogP contribution in [0.1, 0.15) is 18.2 Å². The lowest BCUT2D eigenvalue weighted by Gasteiger charge is -2.15. The first-order chi connectivity index (χ1) is 19.4. The summed E-state index contributed by atoms with van der Waals surface area (Å²) in [4.78, 5) is 4.85. The van der Waals surface area contributed by atoms with Crippen LogP contribution in [0.15, 0.2) is 102 Å². The molecule has 200 valence electrons. The number of rotatable bonds is 9. The lowest BCUT2D eigenvalue weighted by atomic mass is 10.1. The van der Waals surface area contributed by atoms with E-state index in [1.54, 1.807) is 18.2 Å². The number of fused-ring (bicyclic) bond motifs is 2. The molecule has 0 saturated heterocycles. The number of tetrazole rings is 1. The molecule has 0 bridgehead atoms. The van der Waals surface area contributed by atoms with Crippen LogP contribution in [0, 0.1) is 0 Å². The van der Waals surface area contributed by atoms with Crippen molar-refractivity contribution in [1.82, 2.24) is 30.3 Å². The number of hydrogen-bond acceptors (Lipinski definition) is 7. The van der Waals surface area contributed by atoms with Crippen molar-refractivity contribution >= 4 is 31.7 Å². The highest BCUT2D eigenvalue weighted by atomic mass is 32.2. The lowest BCUT2D eigenvalue weighted by Crippen LogP contribution is -2.34. The first-order valence-corrected chi connectivity index (χ1v) is 14.3. The summed E-state index contributed by atoms with van der Waals surface area (Å²) in [6.45, 7) is 2.16. The maximum atomic E-state index is 13.2. The second kappa shape index (κ2) is 10.8. The minimum Gasteiger partial charge on any atom is -0.487 e. The van der Waals surface area contributed by atoms with Crippen LogP contribution >= 0.6 is 0 Å². The number of benzene rings is 4. The molecule has 2 N–H and O–H groups in total. The van der Waals surface area contributed by atoms with Crippen molar-refractivity contribution in [1.29, 1.82) is 0 Å². The fourth-order valence-electron chi connectivity index (χ4n) is 4.61. The van der Waals surface area contributed by atoms with Crippen LogP contribution < -0.4 is 9.46 Å². The number of sulfonamides is 1. The average molecular weight is 551 g/mol. The number of nitrogens with zero attached hydrogens (tertiary/aromatic N) is 4. The standard InChI is InChI=1S/C30H26N6O3S/c1-20(16-21-6-8-24(9-7-21)30-32-35-36-33-30)34-40(37,38)28-15-12-22-11-14-27(17-25(22)18-28)39-19-26-13-10-23-4-2-3-5-29(23)31-26/h2-15,17-18,20,34H,16,19H2,1H3,(H,32,33,35,36). The number of nitrogens with one attached hydrogen (secondary N) is 2. The zero-order valence-corrected chi connectivity index (χ0v) is 22.5. The Kier molecular flexibility index (Phi) is 6.93. The molecule has 2 aromatic heterocycles. The largest absolute Gasteiger partial charge is 0.487 e. The van der Waals surface area contributed by atoms with Crippen molar-refractivity contribution in [3.8, 4) is 17.1 Å². The third kappa shape index (κ3) is 5.68. The summed E-state index contributed by atoms with van der Waals surface area (Å²) >= 11 is 0. The van der Waals surface area contributed by atoms with E-state index in [9.17, 15) is 8.42 Å². The zero-order valence-electron chi connectivity index (χ0n) is 21.7. The van der Waals surface area contributed by atoms with Crippen molar-refractivity contribution < 1.29 is 13.2 Å². The molecule has 1 atom stereocenters. The van der Waals surface area contributed by atoms with Crippen LogP contribution in [0.5, 0.6) is 5.75 Å². The monoisotopic (exact) mass is 550 g/mol. The smallest absolute Gasteiger partial charge is 0.240 e. The van der Waals surface area contributed by atoms with Crippen molar-refractivity contribution in [3.63, 3.8) is 0 Å². The molecule has 10 heteroatoms. The third-order valence-corrected chi connectivity index (χ3v) is 8.19. The molecule has 4 aromatic carbocycles. The molecule has 6 rings (SSSR count). The molecule has 1 unspecified atom stereocenters. The summed E-state index contributed by atoms with van der Waals surface area (Å²) in [6.07, 6.45) is 0.530. The zero-order chi connectivity index (χ0) is 27.5. The SMILES string of the molecule is CC(Cc1ccc(-c2nnn[nH]2)cc1)NS(=O)(=O)c1ccc2ccc(OCc3ccc4ccccc4n3)cc2c1. The van der Waals surface area contributed by atoms with Gasteiger partial charge >= 0.3 is 0 Å². The Morgan fingerprint density at radius 3 is 2.50 bits per heavy atom. The molecule has 2 heterocycles. The van der Waals surface area contributed by atoms with Crippen LogP contribution in [-0.2, 0) is 23.1 Å². The summed E-state index contributed by atoms with van der Waals surface area (Å²) < 4.78 is 35.2. The van der Waals surface area contributed by atoms with Gasteiger partial charge in [-0.2, -0.15) is 0 Å². The number of H-pyrrole nitrogens is 1. The molecule has 9 nitrogen and oxygen atoms in total. The Morgan fingerprint density at radius 1 is 0.875 bits per heavy atom. The van der Waals surface area contributed by atoms with Crippen molar-refractivity contribution in [3.05, 3.63) is 108 Å². The summed E-state index contributed by atoms with van der Waals surface area (Å²) in [5, 5.41) is 16.6. The van der Waals surface area contributed by atoms with E-state index in [4.69, 9.17) is 4.74 Å². The van der Waals surface area contributed by atoms with Gasteiger partial charge in [-0.05, 0) is 76.5 Å². The molecule has 40 heavy (non-hydrogen) atoms. The van der Waals surface area contributed by atoms with E-state index >= 15 is 0 Å². The molecule has 0 fully saturated rings. The number of ether oxygens (including phenoxy) is 1. The second-order valence-corrected chi connectivity index (χ2v) is 11.3. The molecule has 0 spiro atoms. The predicted molar refractivity (Wildman–Crippen MR) is 153 cm³/mol. The number of aromatic nitrogens is 5. The molecular weight excluding hydrogens is 524 g/mol. The van der Waals surface area contributed by atoms with E-state index in [-0.39, 0.29) is 10.9 Å². The van der Waals surface area contributed by atoms with Gasteiger partial charge in [0.25, 0.3) is 0 Å². The minimum absolute atomic E-state index is 0.202. The summed E-state index contributed by atoms with van der Waals surface area (Å²) in [7, 11) is -3.74. The summed E-state index contributed by atoms with van der Waals surface area (Å²) in [5.41, 5.74) is 3.58. The molecule has 0 saturated carbocycles. The Morgan fingerprint density at radius 2 is 1.68 bits per heavy atom. The molecular formula is C30H26N6O3S. The summed E-state index contributed by atoms with van der Waals surface area (Å²) in [6, 6.07) is 30.0. The van der Waals surface area contributed by atoms with Gasteiger partial charge in [0.2, 0.25) is 10.0 Å². The molecule has 0 aliphatic carbocycles. The minimum atomic E-state index is -3.74. The van der Waals surface area contributed by atoms with Gasteiger partial charge in [0, 0.05) is 17.0 Å². The average Bonchev–Trinajstić information content (AvgIpc) is 3.51. The molecule has 0 aliphatic rings. The molecule has 0 radical (unpaired) electrons. The van der Waals surface area contributed by atoms with Gasteiger partial charge < -0.3 is 4.74 Å². The van der Waals surface area contributed by atoms with E-state index in [1.165, 1.54) is 0 Å². The Bertz CT molecular complexity index is 1890. The second-order valence-electron chi connectivity index (χ2n) is 9.63. The van der Waals surface area contributed by atoms with Gasteiger partial charge in [-0.3, -0.25) is 0 Å². The highest BCUT2D eigenvalue weighted by molar-refractivity contribution is 7.89. The van der Waals surface area contributed by atoms with Crippen molar-refractivity contribution in [2.45, 2.75) is 30.9 Å². The fourth-order valence-corrected chi connectivity index (χ4v) is 5.89. The number of hydrogen-bond donors (Lipinski definition) is 2. The topological polar surface area (TPSA) is 123 Å². The van der Waals surface area contributed by atoms with E-state index < -0.39 is 10.0 Å². The highest BCUT2D eigenvalue weighted by Gasteiger charge is 2.18. The van der Waals surface area contributed by atoms with E-state index in [0.717, 1.165) is 38.5 Å². The highest BCUT2D eigenvalue weighted by Crippen LogP contribution is 2.25. The third-order valence-electron chi connectivity index (χ3n) is 6.61. The predicted octanol–water partition coefficient (Wildman–Crippen LogP) is 5.06. The van der Waals surface area contributed by atoms with Crippen molar-refractivity contribution in [2.75, 3.05) is 0 Å². The maximum absolute atomic E-state index is 13.2. The van der Waals surface area contributed by atoms with E-state index in [1.807, 2.05) is 85.8 Å². The van der Waals surface area contributed by atoms with E-state index in [0.29, 0.717) is 24.6 Å². The van der Waals surface area contributed by atoms with Crippen LogP contribution in [-0.4, -0.2) is 40.1 Å². The lowest BCUT2D eigenvalue weighted by molar-refractivity contribution is 0.302. The van der Waals surface area contributed by atoms with E-state index in [2.05, 4.69) is 30.3 Å². The van der Waals surface area contributed by atoms with Gasteiger partial charge in [0.05, 0.1) is 16.1 Å². The summed E-state index contributed by atoms with van der Waals surface area (Å²) in [5.74, 6) is 1.22. The van der Waals surface area contributed by atoms with Gasteiger partial charge in [-0.1, -0.05) is 60.7 Å². The normalized spacial score (nSPS) is 12.5. The van der Waals surface area contributed by atoms with Crippen molar-refractivity contribution in [2.24, 2.45) is 0 Å². The Labute approximate surface area is 231 Å². The molecule has 0 amide bonds. The molecule has 0 aliphatic heterocycles. The maximum Gasteiger partial charge on any atom is 0.240 e. The first-order valence-electron chi connectivity index (χ1n) is 12.8. The van der Waals surface area contributed by atoms with Crippen LogP contribution in [0.3, 0.4) is 0 Å². The van der Waals surface area contributed by atoms with Gasteiger partial charge in [0.15, 0.2) is 5.82 Å². The van der Waals surface area contributed by atoms with Crippen LogP contribution in [0.4, 0.5) is 0 Å². The fraction of sp³-hybridized carbons (Fsp3) is 0.133. The first kappa shape index (κ1) is 25.6. The number of para-hydroxylation sites is 1. The number of pyridine rings is 1. The number of aromatic amines is 1. The quantitative estimate of drug-likeness (QED) is 0.258. The molecule has 6 aromatic rings. The van der Waals surface area contributed by atoms with Crippen LogP contribution in [0.2, 0.25) is 0 Å². The van der Waals surface area contributed by atoms with Crippen LogP contribution in [0.25, 0.3) is 33.1 Å². The van der Waals surface area contributed by atoms with Gasteiger partial charge in [-0.15, -0.1) is 5.10 Å².